The lowest BCUT2D eigenvalue weighted by molar-refractivity contribution is 0.242. The molecule has 2 aliphatic heterocycles. The van der Waals surface area contributed by atoms with Gasteiger partial charge in [-0.15, -0.1) is 0 Å². The Morgan fingerprint density at radius 3 is 2.86 bits per heavy atom. The third-order valence-electron chi connectivity index (χ3n) is 5.59. The van der Waals surface area contributed by atoms with Crippen molar-refractivity contribution in [2.75, 3.05) is 43.4 Å². The smallest absolute Gasteiger partial charge is 0.267 e. The standard InChI is InChI=1S/C20H23N7OS/c28-18-12-15-13-29-11-3-17(15)24-27(18)10-7-25-5-8-26(9-6-25)20-16-2-1-4-21-19(16)22-14-23-20/h1-2,4,12,14H,3,5-11,13H2. The van der Waals surface area contributed by atoms with Gasteiger partial charge < -0.3 is 4.90 Å². The van der Waals surface area contributed by atoms with Gasteiger partial charge >= 0.3 is 0 Å². The molecule has 150 valence electrons. The average Bonchev–Trinajstić information content (AvgIpc) is 2.78. The van der Waals surface area contributed by atoms with Crippen molar-refractivity contribution in [3.8, 4) is 0 Å². The molecule has 0 saturated carbocycles. The minimum absolute atomic E-state index is 0.0184. The van der Waals surface area contributed by atoms with Crippen LogP contribution in [0.4, 0.5) is 5.82 Å². The average molecular weight is 410 g/mol. The Hall–Kier alpha value is -2.52. The third kappa shape index (κ3) is 3.84. The van der Waals surface area contributed by atoms with Gasteiger partial charge in [-0.3, -0.25) is 9.69 Å². The second-order valence-corrected chi connectivity index (χ2v) is 8.49. The van der Waals surface area contributed by atoms with Crippen LogP contribution in [0.25, 0.3) is 11.0 Å². The zero-order valence-electron chi connectivity index (χ0n) is 16.2. The van der Waals surface area contributed by atoms with Crippen molar-refractivity contribution < 1.29 is 0 Å². The van der Waals surface area contributed by atoms with E-state index in [0.717, 1.165) is 78.8 Å². The molecular weight excluding hydrogens is 386 g/mol. The zero-order chi connectivity index (χ0) is 19.6. The van der Waals surface area contributed by atoms with Crippen molar-refractivity contribution in [2.24, 2.45) is 0 Å². The molecule has 0 amide bonds. The molecule has 3 aromatic rings. The topological polar surface area (TPSA) is 80.0 Å². The van der Waals surface area contributed by atoms with Crippen molar-refractivity contribution >= 4 is 28.6 Å². The zero-order valence-corrected chi connectivity index (χ0v) is 17.0. The maximum absolute atomic E-state index is 12.4. The van der Waals surface area contributed by atoms with E-state index in [1.165, 1.54) is 0 Å². The molecule has 29 heavy (non-hydrogen) atoms. The Labute approximate surface area is 173 Å². The monoisotopic (exact) mass is 409 g/mol. The van der Waals surface area contributed by atoms with Crippen LogP contribution in [0.1, 0.15) is 11.3 Å². The van der Waals surface area contributed by atoms with Gasteiger partial charge in [0.25, 0.3) is 5.56 Å². The van der Waals surface area contributed by atoms with Crippen molar-refractivity contribution in [3.05, 3.63) is 52.3 Å². The Bertz CT molecular complexity index is 1070. The van der Waals surface area contributed by atoms with Gasteiger partial charge in [0, 0.05) is 57.2 Å². The summed E-state index contributed by atoms with van der Waals surface area (Å²) in [5.74, 6) is 2.95. The van der Waals surface area contributed by atoms with Crippen LogP contribution in [0.5, 0.6) is 0 Å². The number of nitrogens with zero attached hydrogens (tertiary/aromatic N) is 7. The van der Waals surface area contributed by atoms with Crippen LogP contribution in [0.2, 0.25) is 0 Å². The number of anilines is 1. The van der Waals surface area contributed by atoms with Gasteiger partial charge in [0.15, 0.2) is 5.65 Å². The Morgan fingerprint density at radius 1 is 1.07 bits per heavy atom. The number of aryl methyl sites for hydroxylation is 1. The molecule has 0 atom stereocenters. The molecule has 9 heteroatoms. The lowest BCUT2D eigenvalue weighted by atomic mass is 10.2. The van der Waals surface area contributed by atoms with Crippen LogP contribution in [0.3, 0.4) is 0 Å². The number of hydrogen-bond donors (Lipinski definition) is 0. The fourth-order valence-corrected chi connectivity index (χ4v) is 4.92. The number of aromatic nitrogens is 5. The lowest BCUT2D eigenvalue weighted by Crippen LogP contribution is -2.48. The van der Waals surface area contributed by atoms with E-state index in [2.05, 4.69) is 29.9 Å². The van der Waals surface area contributed by atoms with Crippen LogP contribution in [0.15, 0.2) is 35.5 Å². The highest BCUT2D eigenvalue weighted by molar-refractivity contribution is 7.98. The summed E-state index contributed by atoms with van der Waals surface area (Å²) in [5.41, 5.74) is 2.96. The quantitative estimate of drug-likeness (QED) is 0.636. The van der Waals surface area contributed by atoms with Crippen LogP contribution in [0, 0.1) is 0 Å². The highest BCUT2D eigenvalue weighted by Crippen LogP contribution is 2.23. The Kier molecular flexibility index (Phi) is 5.15. The number of hydrogen-bond acceptors (Lipinski definition) is 8. The Balaban J connectivity index is 1.22. The summed E-state index contributed by atoms with van der Waals surface area (Å²) in [6.45, 7) is 5.12. The van der Waals surface area contributed by atoms with Crippen molar-refractivity contribution in [1.82, 2.24) is 29.6 Å². The second kappa shape index (κ2) is 8.08. The molecular formula is C20H23N7OS. The van der Waals surface area contributed by atoms with Crippen LogP contribution in [-0.2, 0) is 18.7 Å². The first-order valence-corrected chi connectivity index (χ1v) is 11.1. The van der Waals surface area contributed by atoms with Gasteiger partial charge in [0.2, 0.25) is 0 Å². The van der Waals surface area contributed by atoms with E-state index in [1.807, 2.05) is 23.9 Å². The minimum Gasteiger partial charge on any atom is -0.353 e. The first-order chi connectivity index (χ1) is 14.3. The fourth-order valence-electron chi connectivity index (χ4n) is 3.97. The van der Waals surface area contributed by atoms with Gasteiger partial charge in [-0.1, -0.05) is 0 Å². The van der Waals surface area contributed by atoms with Gasteiger partial charge in [0.1, 0.15) is 12.1 Å². The van der Waals surface area contributed by atoms with E-state index < -0.39 is 0 Å². The number of pyridine rings is 1. The number of rotatable bonds is 4. The largest absolute Gasteiger partial charge is 0.353 e. The van der Waals surface area contributed by atoms with E-state index in [0.29, 0.717) is 6.54 Å². The molecule has 5 rings (SSSR count). The molecule has 8 nitrogen and oxygen atoms in total. The molecule has 0 N–H and O–H groups in total. The van der Waals surface area contributed by atoms with Crippen LogP contribution >= 0.6 is 11.8 Å². The highest BCUT2D eigenvalue weighted by Gasteiger charge is 2.20. The second-order valence-electron chi connectivity index (χ2n) is 7.38. The third-order valence-corrected chi connectivity index (χ3v) is 6.60. The molecule has 0 aromatic carbocycles. The number of fused-ring (bicyclic) bond motifs is 2. The molecule has 3 aromatic heterocycles. The summed E-state index contributed by atoms with van der Waals surface area (Å²) in [4.78, 5) is 30.1. The summed E-state index contributed by atoms with van der Waals surface area (Å²) in [7, 11) is 0. The molecule has 0 spiro atoms. The van der Waals surface area contributed by atoms with Gasteiger partial charge in [-0.25, -0.2) is 19.6 Å². The summed E-state index contributed by atoms with van der Waals surface area (Å²) in [6.07, 6.45) is 4.30. The van der Waals surface area contributed by atoms with E-state index >= 15 is 0 Å². The van der Waals surface area contributed by atoms with E-state index in [-0.39, 0.29) is 5.56 Å². The Morgan fingerprint density at radius 2 is 1.97 bits per heavy atom. The number of thioether (sulfide) groups is 1. The fraction of sp³-hybridized carbons (Fsp3) is 0.450. The molecule has 1 saturated heterocycles. The summed E-state index contributed by atoms with van der Waals surface area (Å²) < 4.78 is 1.64. The SMILES string of the molecule is O=c1cc2c(nn1CCN1CCN(c3ncnc4ncccc34)CC1)CCSC2. The van der Waals surface area contributed by atoms with Crippen LogP contribution < -0.4 is 10.5 Å². The van der Waals surface area contributed by atoms with Crippen LogP contribution in [-0.4, -0.2) is 68.1 Å². The van der Waals surface area contributed by atoms with E-state index in [9.17, 15) is 4.79 Å². The highest BCUT2D eigenvalue weighted by atomic mass is 32.2. The molecule has 0 aliphatic carbocycles. The van der Waals surface area contributed by atoms with Gasteiger partial charge in [-0.05, 0) is 23.4 Å². The van der Waals surface area contributed by atoms with Gasteiger partial charge in [-0.2, -0.15) is 16.9 Å². The van der Waals surface area contributed by atoms with Crippen molar-refractivity contribution in [2.45, 2.75) is 18.7 Å². The summed E-state index contributed by atoms with van der Waals surface area (Å²) in [6, 6.07) is 5.73. The lowest BCUT2D eigenvalue weighted by Gasteiger charge is -2.35. The maximum Gasteiger partial charge on any atom is 0.267 e. The molecule has 2 aliphatic rings. The summed E-state index contributed by atoms with van der Waals surface area (Å²) in [5, 5.41) is 5.62. The van der Waals surface area contributed by atoms with E-state index in [4.69, 9.17) is 0 Å². The molecule has 0 unspecified atom stereocenters. The first-order valence-electron chi connectivity index (χ1n) is 9.98. The molecule has 1 fully saturated rings. The maximum atomic E-state index is 12.4. The predicted molar refractivity (Wildman–Crippen MR) is 114 cm³/mol. The van der Waals surface area contributed by atoms with Crippen molar-refractivity contribution in [3.63, 3.8) is 0 Å². The first kappa shape index (κ1) is 18.5. The predicted octanol–water partition coefficient (Wildman–Crippen LogP) is 1.19. The number of piperazine rings is 1. The molecule has 5 heterocycles. The van der Waals surface area contributed by atoms with Crippen molar-refractivity contribution in [1.29, 1.82) is 0 Å². The normalized spacial score (nSPS) is 17.4. The van der Waals surface area contributed by atoms with Gasteiger partial charge in [0.05, 0.1) is 17.6 Å². The molecule has 0 radical (unpaired) electrons. The van der Waals surface area contributed by atoms with E-state index in [1.54, 1.807) is 23.3 Å². The minimum atomic E-state index is 0.0184. The molecule has 0 bridgehead atoms. The summed E-state index contributed by atoms with van der Waals surface area (Å²) >= 11 is 1.87.